The first-order valence-corrected chi connectivity index (χ1v) is 19.4. The van der Waals surface area contributed by atoms with Crippen LogP contribution in [0.1, 0.15) is 43.0 Å². The Labute approximate surface area is 334 Å². The molecule has 11 nitrogen and oxygen atoms in total. The Kier molecular flexibility index (Phi) is 13.6. The maximum absolute atomic E-state index is 12.0. The summed E-state index contributed by atoms with van der Waals surface area (Å²) in [5, 5.41) is 0. The van der Waals surface area contributed by atoms with Crippen LogP contribution in [0.4, 0.5) is 0 Å². The Bertz CT molecular complexity index is 1840. The summed E-state index contributed by atoms with van der Waals surface area (Å²) in [6, 6.07) is 39.6. The molecular formula is C46H52O11. The van der Waals surface area contributed by atoms with Crippen molar-refractivity contribution in [1.29, 1.82) is 0 Å². The first kappa shape index (κ1) is 40.9. The van der Waals surface area contributed by atoms with Gasteiger partial charge in [-0.05, 0) is 42.2 Å². The summed E-state index contributed by atoms with van der Waals surface area (Å²) in [4.78, 5) is 12.0. The average molecular weight is 781 g/mol. The summed E-state index contributed by atoms with van der Waals surface area (Å²) in [5.41, 5.74) is 3.87. The molecule has 4 aromatic carbocycles. The van der Waals surface area contributed by atoms with Crippen LogP contribution < -0.4 is 0 Å². The maximum Gasteiger partial charge on any atom is 0.302 e. The quantitative estimate of drug-likeness (QED) is 0.0765. The zero-order valence-corrected chi connectivity index (χ0v) is 32.7. The van der Waals surface area contributed by atoms with Gasteiger partial charge in [-0.3, -0.25) is 4.79 Å². The Morgan fingerprint density at radius 1 is 0.632 bits per heavy atom. The van der Waals surface area contributed by atoms with Crippen LogP contribution in [-0.2, 0) is 78.6 Å². The molecule has 0 bridgehead atoms. The van der Waals surface area contributed by atoms with Crippen molar-refractivity contribution in [2.45, 2.75) is 108 Å². The van der Waals surface area contributed by atoms with E-state index in [2.05, 4.69) is 6.58 Å². The Morgan fingerprint density at radius 2 is 1.14 bits per heavy atom. The normalized spacial score (nSPS) is 29.1. The van der Waals surface area contributed by atoms with Gasteiger partial charge in [-0.15, -0.1) is 0 Å². The molecule has 0 radical (unpaired) electrons. The van der Waals surface area contributed by atoms with Crippen LogP contribution in [-0.4, -0.2) is 79.8 Å². The molecule has 57 heavy (non-hydrogen) atoms. The summed E-state index contributed by atoms with van der Waals surface area (Å²) >= 11 is 0. The van der Waals surface area contributed by atoms with Gasteiger partial charge in [0.25, 0.3) is 0 Å². The Hall–Kier alpha value is -4.27. The number of rotatable bonds is 18. The average Bonchev–Trinajstić information content (AvgIpc) is 3.70. The molecule has 0 spiro atoms. The van der Waals surface area contributed by atoms with E-state index in [-0.39, 0.29) is 33.0 Å². The van der Waals surface area contributed by atoms with Gasteiger partial charge in [0.05, 0.1) is 33.0 Å². The van der Waals surface area contributed by atoms with Crippen molar-refractivity contribution in [1.82, 2.24) is 0 Å². The molecule has 11 heteroatoms. The lowest BCUT2D eigenvalue weighted by Gasteiger charge is -2.52. The zero-order valence-electron chi connectivity index (χ0n) is 32.7. The molecule has 3 aliphatic rings. The highest BCUT2D eigenvalue weighted by Gasteiger charge is 2.62. The second-order valence-electron chi connectivity index (χ2n) is 14.9. The van der Waals surface area contributed by atoms with Crippen LogP contribution in [0, 0.1) is 0 Å². The molecule has 0 aromatic heterocycles. The second-order valence-corrected chi connectivity index (χ2v) is 14.9. The number of esters is 1. The second kappa shape index (κ2) is 19.0. The summed E-state index contributed by atoms with van der Waals surface area (Å²) in [6.45, 7) is 10.3. The van der Waals surface area contributed by atoms with Crippen LogP contribution in [0.15, 0.2) is 134 Å². The molecule has 9 atom stereocenters. The molecule has 0 aliphatic carbocycles. The number of hydrogen-bond donors (Lipinski definition) is 0. The molecule has 3 heterocycles. The fourth-order valence-electron chi connectivity index (χ4n) is 7.41. The maximum atomic E-state index is 12.0. The van der Waals surface area contributed by atoms with Crippen molar-refractivity contribution >= 4 is 5.97 Å². The van der Waals surface area contributed by atoms with E-state index < -0.39 is 66.6 Å². The zero-order chi connectivity index (χ0) is 39.7. The molecule has 0 saturated carbocycles. The molecule has 3 aliphatic heterocycles. The molecule has 7 rings (SSSR count). The smallest absolute Gasteiger partial charge is 0.302 e. The van der Waals surface area contributed by atoms with Gasteiger partial charge in [-0.25, -0.2) is 0 Å². The minimum atomic E-state index is -1.70. The van der Waals surface area contributed by atoms with E-state index >= 15 is 0 Å². The van der Waals surface area contributed by atoms with Crippen molar-refractivity contribution in [3.05, 3.63) is 156 Å². The summed E-state index contributed by atoms with van der Waals surface area (Å²) in [6.07, 6.45) is -4.78. The van der Waals surface area contributed by atoms with E-state index in [1.165, 1.54) is 6.92 Å². The molecule has 3 unspecified atom stereocenters. The largest absolute Gasteiger partial charge is 0.463 e. The van der Waals surface area contributed by atoms with E-state index in [1.807, 2.05) is 121 Å². The highest BCUT2D eigenvalue weighted by Crippen LogP contribution is 2.45. The first-order chi connectivity index (χ1) is 27.7. The first-order valence-electron chi connectivity index (χ1n) is 19.4. The van der Waals surface area contributed by atoms with Crippen molar-refractivity contribution in [3.8, 4) is 0 Å². The summed E-state index contributed by atoms with van der Waals surface area (Å²) in [5.74, 6) is -3.12. The molecule has 4 aromatic rings. The van der Waals surface area contributed by atoms with Gasteiger partial charge in [0.1, 0.15) is 49.3 Å². The number of carbonyl (C=O) groups is 1. The van der Waals surface area contributed by atoms with Crippen LogP contribution in [0.2, 0.25) is 0 Å². The lowest BCUT2D eigenvalue weighted by atomic mass is 9.90. The molecule has 0 amide bonds. The fourth-order valence-corrected chi connectivity index (χ4v) is 7.41. The van der Waals surface area contributed by atoms with Gasteiger partial charge < -0.3 is 47.4 Å². The number of fused-ring (bicyclic) bond motifs is 1. The highest BCUT2D eigenvalue weighted by atomic mass is 16.9. The lowest BCUT2D eigenvalue weighted by Crippen LogP contribution is -2.68. The molecular weight excluding hydrogens is 728 g/mol. The van der Waals surface area contributed by atoms with Gasteiger partial charge >= 0.3 is 5.97 Å². The monoisotopic (exact) mass is 780 g/mol. The van der Waals surface area contributed by atoms with E-state index in [4.69, 9.17) is 47.4 Å². The van der Waals surface area contributed by atoms with E-state index in [0.717, 1.165) is 22.3 Å². The molecule has 0 N–H and O–H groups in total. The third-order valence-corrected chi connectivity index (χ3v) is 10.1. The van der Waals surface area contributed by atoms with Crippen LogP contribution >= 0.6 is 0 Å². The van der Waals surface area contributed by atoms with Crippen molar-refractivity contribution in [2.75, 3.05) is 13.2 Å². The molecule has 302 valence electrons. The summed E-state index contributed by atoms with van der Waals surface area (Å²) in [7, 11) is 0. The van der Waals surface area contributed by atoms with E-state index in [9.17, 15) is 4.79 Å². The molecule has 3 fully saturated rings. The van der Waals surface area contributed by atoms with Gasteiger partial charge in [0.15, 0.2) is 12.1 Å². The van der Waals surface area contributed by atoms with Crippen LogP contribution in [0.3, 0.4) is 0 Å². The van der Waals surface area contributed by atoms with Crippen molar-refractivity contribution in [3.63, 3.8) is 0 Å². The van der Waals surface area contributed by atoms with Gasteiger partial charge in [0, 0.05) is 6.92 Å². The van der Waals surface area contributed by atoms with E-state index in [1.54, 1.807) is 19.9 Å². The third kappa shape index (κ3) is 10.4. The van der Waals surface area contributed by atoms with E-state index in [0.29, 0.717) is 6.61 Å². The SMILES string of the molecule is C=C[C@]1(O[C@@H]2C3OC(C)(C)O[C@@H]3O[C@@H]2COC(C)=O)OC(COCc2ccccc2)[C@H](OCc2ccccc2)[C@H](OCc2ccccc2)C1OCc1ccccc1. The standard InChI is InChI=1S/C46H52O11/c1-5-46(56-40-37(31-49-32(2)47)53-44-42(40)55-45(3,4)57-44)43(52-29-36-24-16-9-17-25-36)41(51-28-35-22-14-8-15-23-35)39(50-27-34-20-12-7-13-21-34)38(54-46)30-48-26-33-18-10-6-11-19-33/h5-25,37-44H,1,26-31H2,2-4H3/t37-,38?,39+,40+,41+,42?,43?,44+,46-/m1/s1. The van der Waals surface area contributed by atoms with Crippen molar-refractivity contribution in [2.24, 2.45) is 0 Å². The van der Waals surface area contributed by atoms with Crippen molar-refractivity contribution < 1.29 is 52.2 Å². The predicted octanol–water partition coefficient (Wildman–Crippen LogP) is 7.07. The van der Waals surface area contributed by atoms with Gasteiger partial charge in [-0.2, -0.15) is 0 Å². The number of hydrogen-bond acceptors (Lipinski definition) is 11. The molecule has 3 saturated heterocycles. The predicted molar refractivity (Wildman–Crippen MR) is 209 cm³/mol. The lowest BCUT2D eigenvalue weighted by molar-refractivity contribution is -0.379. The number of benzene rings is 4. The highest BCUT2D eigenvalue weighted by molar-refractivity contribution is 5.65. The minimum Gasteiger partial charge on any atom is -0.463 e. The number of carbonyl (C=O) groups excluding carboxylic acids is 1. The summed E-state index contributed by atoms with van der Waals surface area (Å²) < 4.78 is 65.6. The third-order valence-electron chi connectivity index (χ3n) is 10.1. The Balaban J connectivity index is 1.28. The van der Waals surface area contributed by atoms with Gasteiger partial charge in [-0.1, -0.05) is 128 Å². The van der Waals surface area contributed by atoms with Crippen LogP contribution in [0.5, 0.6) is 0 Å². The van der Waals surface area contributed by atoms with Crippen LogP contribution in [0.25, 0.3) is 0 Å². The fraction of sp³-hybridized carbons (Fsp3) is 0.413. The van der Waals surface area contributed by atoms with Gasteiger partial charge in [0.2, 0.25) is 5.79 Å². The Morgan fingerprint density at radius 3 is 1.67 bits per heavy atom. The topological polar surface area (TPSA) is 109 Å². The minimum absolute atomic E-state index is 0.108. The number of ether oxygens (including phenoxy) is 10.